The molecule has 1 aliphatic rings. The third-order valence-electron chi connectivity index (χ3n) is 3.26. The lowest BCUT2D eigenvalue weighted by atomic mass is 10.2. The van der Waals surface area contributed by atoms with E-state index in [-0.39, 0.29) is 35.5 Å². The summed E-state index contributed by atoms with van der Waals surface area (Å²) in [7, 11) is 0. The summed E-state index contributed by atoms with van der Waals surface area (Å²) in [5, 5.41) is 8.87. The predicted molar refractivity (Wildman–Crippen MR) is 92.7 cm³/mol. The van der Waals surface area contributed by atoms with Gasteiger partial charge in [-0.1, -0.05) is 0 Å². The van der Waals surface area contributed by atoms with Crippen molar-refractivity contribution in [2.75, 3.05) is 18.4 Å². The molecule has 0 saturated carbocycles. The Morgan fingerprint density at radius 2 is 2.00 bits per heavy atom. The Kier molecular flexibility index (Phi) is 7.72. The van der Waals surface area contributed by atoms with Crippen LogP contribution >= 0.6 is 24.2 Å². The third-order valence-corrected chi connectivity index (χ3v) is 4.38. The standard InChI is InChI=1S/C15H21N3O2S.ClH/c1-10(15(20)18-13-7-8-16-9-13)21-14-5-3-12(4-6-14)17-11(2)19;/h3-6,10,13,16H,7-9H2,1-2H3,(H,17,19)(H,18,20);1H. The van der Waals surface area contributed by atoms with Crippen LogP contribution < -0.4 is 16.0 Å². The van der Waals surface area contributed by atoms with Gasteiger partial charge in [0.05, 0.1) is 5.25 Å². The molecule has 0 aliphatic carbocycles. The lowest BCUT2D eigenvalue weighted by Gasteiger charge is -2.16. The molecular weight excluding hydrogens is 322 g/mol. The SMILES string of the molecule is CC(=O)Nc1ccc(SC(C)C(=O)NC2CCNC2)cc1.Cl. The highest BCUT2D eigenvalue weighted by Crippen LogP contribution is 2.25. The minimum Gasteiger partial charge on any atom is -0.351 e. The molecule has 1 heterocycles. The first-order valence-corrected chi connectivity index (χ1v) is 7.98. The van der Waals surface area contributed by atoms with Crippen molar-refractivity contribution in [2.24, 2.45) is 0 Å². The van der Waals surface area contributed by atoms with Gasteiger partial charge in [0.2, 0.25) is 11.8 Å². The van der Waals surface area contributed by atoms with E-state index in [0.717, 1.165) is 30.1 Å². The number of hydrogen-bond acceptors (Lipinski definition) is 4. The van der Waals surface area contributed by atoms with Crippen molar-refractivity contribution in [3.05, 3.63) is 24.3 Å². The average molecular weight is 344 g/mol. The van der Waals surface area contributed by atoms with Gasteiger partial charge in [-0.15, -0.1) is 24.2 Å². The zero-order valence-electron chi connectivity index (χ0n) is 12.7. The zero-order chi connectivity index (χ0) is 15.2. The molecule has 2 rings (SSSR count). The summed E-state index contributed by atoms with van der Waals surface area (Å²) < 4.78 is 0. The number of rotatable bonds is 5. The molecule has 0 bridgehead atoms. The van der Waals surface area contributed by atoms with Crippen LogP contribution in [0.15, 0.2) is 29.2 Å². The lowest BCUT2D eigenvalue weighted by molar-refractivity contribution is -0.121. The lowest BCUT2D eigenvalue weighted by Crippen LogP contribution is -2.40. The van der Waals surface area contributed by atoms with E-state index in [1.165, 1.54) is 18.7 Å². The molecule has 2 amide bonds. The molecule has 2 atom stereocenters. The van der Waals surface area contributed by atoms with Gasteiger partial charge in [-0.3, -0.25) is 9.59 Å². The van der Waals surface area contributed by atoms with Crippen molar-refractivity contribution in [3.63, 3.8) is 0 Å². The summed E-state index contributed by atoms with van der Waals surface area (Å²) in [5.41, 5.74) is 0.765. The minimum absolute atomic E-state index is 0. The molecule has 1 aliphatic heterocycles. The minimum atomic E-state index is -0.141. The summed E-state index contributed by atoms with van der Waals surface area (Å²) in [4.78, 5) is 24.1. The van der Waals surface area contributed by atoms with Crippen molar-refractivity contribution in [3.8, 4) is 0 Å². The van der Waals surface area contributed by atoms with Crippen LogP contribution in [0.3, 0.4) is 0 Å². The second-order valence-electron chi connectivity index (χ2n) is 5.16. The predicted octanol–water partition coefficient (Wildman–Crippen LogP) is 2.03. The maximum absolute atomic E-state index is 12.1. The topological polar surface area (TPSA) is 70.2 Å². The number of anilines is 1. The van der Waals surface area contributed by atoms with E-state index in [1.54, 1.807) is 0 Å². The molecule has 22 heavy (non-hydrogen) atoms. The summed E-state index contributed by atoms with van der Waals surface area (Å²) in [5.74, 6) is -0.0204. The van der Waals surface area contributed by atoms with Crippen molar-refractivity contribution in [2.45, 2.75) is 36.5 Å². The molecule has 122 valence electrons. The highest BCUT2D eigenvalue weighted by atomic mass is 35.5. The molecule has 2 unspecified atom stereocenters. The first kappa shape index (κ1) is 18.8. The van der Waals surface area contributed by atoms with Crippen LogP contribution in [0.25, 0.3) is 0 Å². The number of nitrogens with one attached hydrogen (secondary N) is 3. The van der Waals surface area contributed by atoms with E-state index in [2.05, 4.69) is 16.0 Å². The smallest absolute Gasteiger partial charge is 0.233 e. The normalized spacial score (nSPS) is 18.2. The fraction of sp³-hybridized carbons (Fsp3) is 0.467. The van der Waals surface area contributed by atoms with Gasteiger partial charge in [-0.2, -0.15) is 0 Å². The Hall–Kier alpha value is -1.24. The highest BCUT2D eigenvalue weighted by Gasteiger charge is 2.20. The van der Waals surface area contributed by atoms with Crippen molar-refractivity contribution in [1.29, 1.82) is 0 Å². The molecular formula is C15H22ClN3O2S. The molecule has 0 radical (unpaired) electrons. The second-order valence-corrected chi connectivity index (χ2v) is 6.58. The molecule has 0 spiro atoms. The molecule has 1 saturated heterocycles. The Labute approximate surface area is 141 Å². The monoisotopic (exact) mass is 343 g/mol. The zero-order valence-corrected chi connectivity index (χ0v) is 14.4. The van der Waals surface area contributed by atoms with Gasteiger partial charge in [-0.25, -0.2) is 0 Å². The summed E-state index contributed by atoms with van der Waals surface area (Å²) in [6.07, 6.45) is 0.995. The highest BCUT2D eigenvalue weighted by molar-refractivity contribution is 8.00. The van der Waals surface area contributed by atoms with E-state index in [4.69, 9.17) is 0 Å². The molecule has 5 nitrogen and oxygen atoms in total. The fourth-order valence-corrected chi connectivity index (χ4v) is 3.05. The maximum atomic E-state index is 12.1. The molecule has 7 heteroatoms. The molecule has 1 aromatic rings. The quantitative estimate of drug-likeness (QED) is 0.715. The van der Waals surface area contributed by atoms with Gasteiger partial charge in [-0.05, 0) is 44.2 Å². The van der Waals surface area contributed by atoms with Crippen LogP contribution in [-0.4, -0.2) is 36.2 Å². The summed E-state index contributed by atoms with van der Waals surface area (Å²) in [6, 6.07) is 7.76. The first-order chi connectivity index (χ1) is 10.0. The van der Waals surface area contributed by atoms with Gasteiger partial charge in [0.15, 0.2) is 0 Å². The van der Waals surface area contributed by atoms with Crippen LogP contribution in [0.5, 0.6) is 0 Å². The average Bonchev–Trinajstić information content (AvgIpc) is 2.93. The van der Waals surface area contributed by atoms with Crippen LogP contribution in [0.1, 0.15) is 20.3 Å². The molecule has 1 aromatic carbocycles. The van der Waals surface area contributed by atoms with E-state index >= 15 is 0 Å². The van der Waals surface area contributed by atoms with E-state index in [9.17, 15) is 9.59 Å². The van der Waals surface area contributed by atoms with Gasteiger partial charge in [0, 0.05) is 30.1 Å². The number of halogens is 1. The van der Waals surface area contributed by atoms with Gasteiger partial charge in [0.25, 0.3) is 0 Å². The Bertz CT molecular complexity index is 504. The van der Waals surface area contributed by atoms with Gasteiger partial charge >= 0.3 is 0 Å². The van der Waals surface area contributed by atoms with Crippen LogP contribution in [-0.2, 0) is 9.59 Å². The summed E-state index contributed by atoms with van der Waals surface area (Å²) in [6.45, 7) is 5.21. The number of thioether (sulfide) groups is 1. The van der Waals surface area contributed by atoms with Crippen molar-refractivity contribution < 1.29 is 9.59 Å². The van der Waals surface area contributed by atoms with E-state index < -0.39 is 0 Å². The first-order valence-electron chi connectivity index (χ1n) is 7.10. The maximum Gasteiger partial charge on any atom is 0.233 e. The Balaban J connectivity index is 0.00000242. The van der Waals surface area contributed by atoms with Crippen LogP contribution in [0.2, 0.25) is 0 Å². The number of amides is 2. The van der Waals surface area contributed by atoms with Crippen LogP contribution in [0, 0.1) is 0 Å². The number of hydrogen-bond donors (Lipinski definition) is 3. The second kappa shape index (κ2) is 9.02. The van der Waals surface area contributed by atoms with Crippen molar-refractivity contribution >= 4 is 41.7 Å². The van der Waals surface area contributed by atoms with E-state index in [0.29, 0.717) is 0 Å². The van der Waals surface area contributed by atoms with Crippen LogP contribution in [0.4, 0.5) is 5.69 Å². The number of benzene rings is 1. The molecule has 1 fully saturated rings. The van der Waals surface area contributed by atoms with Gasteiger partial charge in [0.1, 0.15) is 0 Å². The fourth-order valence-electron chi connectivity index (χ4n) is 2.17. The Morgan fingerprint density at radius 1 is 1.32 bits per heavy atom. The van der Waals surface area contributed by atoms with Gasteiger partial charge < -0.3 is 16.0 Å². The summed E-state index contributed by atoms with van der Waals surface area (Å²) >= 11 is 1.52. The molecule has 3 N–H and O–H groups in total. The molecule has 0 aromatic heterocycles. The van der Waals surface area contributed by atoms with E-state index in [1.807, 2.05) is 31.2 Å². The Morgan fingerprint density at radius 3 is 2.55 bits per heavy atom. The number of carbonyl (C=O) groups excluding carboxylic acids is 2. The largest absolute Gasteiger partial charge is 0.351 e. The third kappa shape index (κ3) is 5.87. The number of carbonyl (C=O) groups is 2. The van der Waals surface area contributed by atoms with Crippen molar-refractivity contribution in [1.82, 2.24) is 10.6 Å².